The van der Waals surface area contributed by atoms with Gasteiger partial charge in [0.25, 0.3) is 5.91 Å². The Hall–Kier alpha value is -2.12. The third-order valence-corrected chi connectivity index (χ3v) is 3.51. The van der Waals surface area contributed by atoms with Gasteiger partial charge in [-0.1, -0.05) is 11.6 Å². The third-order valence-electron chi connectivity index (χ3n) is 3.21. The molecule has 1 saturated heterocycles. The standard InChI is InChI=1S/C12H10ClN3O4/c13-6-1-5-7(14-12(20)11(5)19)2-8(6)16-3-9(17)15-10(18)4-16/h1-2,11,19H,3-4H2,(H,14,20)(H,15,17,18). The number of amides is 3. The van der Waals surface area contributed by atoms with Crippen LogP contribution in [0.5, 0.6) is 0 Å². The van der Waals surface area contributed by atoms with Gasteiger partial charge >= 0.3 is 0 Å². The Morgan fingerprint density at radius 3 is 2.45 bits per heavy atom. The van der Waals surface area contributed by atoms with E-state index in [1.165, 1.54) is 11.0 Å². The number of carbonyl (C=O) groups excluding carboxylic acids is 3. The van der Waals surface area contributed by atoms with E-state index in [1.54, 1.807) is 6.07 Å². The molecule has 2 aliphatic heterocycles. The Morgan fingerprint density at radius 1 is 1.15 bits per heavy atom. The predicted molar refractivity (Wildman–Crippen MR) is 70.4 cm³/mol. The zero-order valence-electron chi connectivity index (χ0n) is 10.1. The zero-order chi connectivity index (χ0) is 14.4. The van der Waals surface area contributed by atoms with E-state index in [1.807, 2.05) is 0 Å². The summed E-state index contributed by atoms with van der Waals surface area (Å²) in [4.78, 5) is 35.7. The number of imide groups is 1. The minimum atomic E-state index is -1.25. The molecule has 1 atom stereocenters. The normalized spacial score (nSPS) is 21.6. The number of fused-ring (bicyclic) bond motifs is 1. The zero-order valence-corrected chi connectivity index (χ0v) is 10.9. The number of nitrogens with one attached hydrogen (secondary N) is 2. The van der Waals surface area contributed by atoms with Gasteiger partial charge in [-0.25, -0.2) is 0 Å². The van der Waals surface area contributed by atoms with Crippen molar-refractivity contribution >= 4 is 40.7 Å². The van der Waals surface area contributed by atoms with Crippen LogP contribution in [-0.4, -0.2) is 35.9 Å². The Bertz CT molecular complexity index is 630. The highest BCUT2D eigenvalue weighted by Crippen LogP contribution is 2.38. The summed E-state index contributed by atoms with van der Waals surface area (Å²) in [5.74, 6) is -1.36. The molecule has 0 bridgehead atoms. The van der Waals surface area contributed by atoms with Gasteiger partial charge in [0.05, 0.1) is 23.8 Å². The highest BCUT2D eigenvalue weighted by atomic mass is 35.5. The van der Waals surface area contributed by atoms with E-state index in [-0.39, 0.29) is 18.1 Å². The maximum absolute atomic E-state index is 11.4. The molecule has 3 amide bonds. The largest absolute Gasteiger partial charge is 0.378 e. The van der Waals surface area contributed by atoms with Crippen LogP contribution in [0.2, 0.25) is 5.02 Å². The molecular formula is C12H10ClN3O4. The average Bonchev–Trinajstić information content (AvgIpc) is 2.63. The summed E-state index contributed by atoms with van der Waals surface area (Å²) in [6.45, 7) is 0.00148. The lowest BCUT2D eigenvalue weighted by atomic mass is 10.1. The first-order chi connectivity index (χ1) is 9.45. The van der Waals surface area contributed by atoms with Crippen LogP contribution in [0.25, 0.3) is 0 Å². The minimum Gasteiger partial charge on any atom is -0.378 e. The van der Waals surface area contributed by atoms with Crippen molar-refractivity contribution in [2.45, 2.75) is 6.10 Å². The molecule has 2 heterocycles. The fourth-order valence-electron chi connectivity index (χ4n) is 2.30. The summed E-state index contributed by atoms with van der Waals surface area (Å²) in [6, 6.07) is 3.02. The summed E-state index contributed by atoms with van der Waals surface area (Å²) in [7, 11) is 0. The molecule has 0 aliphatic carbocycles. The lowest BCUT2D eigenvalue weighted by molar-refractivity contribution is -0.130. The summed E-state index contributed by atoms with van der Waals surface area (Å²) in [5, 5.41) is 14.6. The predicted octanol–water partition coefficient (Wildman–Crippen LogP) is -0.212. The van der Waals surface area contributed by atoms with Gasteiger partial charge in [0, 0.05) is 11.3 Å². The SMILES string of the molecule is O=C1CN(c2cc3c(cc2Cl)C(O)C(=O)N3)CC(=O)N1. The van der Waals surface area contributed by atoms with Gasteiger partial charge in [-0.15, -0.1) is 0 Å². The van der Waals surface area contributed by atoms with E-state index < -0.39 is 23.8 Å². The molecule has 8 heteroatoms. The van der Waals surface area contributed by atoms with E-state index in [0.29, 0.717) is 16.9 Å². The van der Waals surface area contributed by atoms with Crippen molar-refractivity contribution in [3.63, 3.8) is 0 Å². The number of rotatable bonds is 1. The highest BCUT2D eigenvalue weighted by Gasteiger charge is 2.31. The number of hydrogen-bond donors (Lipinski definition) is 3. The molecule has 3 rings (SSSR count). The molecule has 0 saturated carbocycles. The second-order valence-electron chi connectivity index (χ2n) is 4.61. The van der Waals surface area contributed by atoms with Gasteiger partial charge < -0.3 is 15.3 Å². The summed E-state index contributed by atoms with van der Waals surface area (Å²) >= 11 is 6.11. The molecule has 3 N–H and O–H groups in total. The number of hydrogen-bond acceptors (Lipinski definition) is 5. The smallest absolute Gasteiger partial charge is 0.257 e. The molecule has 7 nitrogen and oxygen atoms in total. The molecule has 20 heavy (non-hydrogen) atoms. The minimum absolute atomic E-state index is 0.000741. The Balaban J connectivity index is 1.99. The topological polar surface area (TPSA) is 98.7 Å². The van der Waals surface area contributed by atoms with Crippen LogP contribution in [0, 0.1) is 0 Å². The van der Waals surface area contributed by atoms with Crippen molar-refractivity contribution in [3.05, 3.63) is 22.7 Å². The van der Waals surface area contributed by atoms with Gasteiger partial charge in [0.1, 0.15) is 0 Å². The van der Waals surface area contributed by atoms with Crippen molar-refractivity contribution in [2.24, 2.45) is 0 Å². The van der Waals surface area contributed by atoms with Gasteiger partial charge in [0.2, 0.25) is 11.8 Å². The molecule has 2 aliphatic rings. The maximum atomic E-state index is 11.4. The van der Waals surface area contributed by atoms with E-state index in [4.69, 9.17) is 11.6 Å². The maximum Gasteiger partial charge on any atom is 0.257 e. The Kier molecular flexibility index (Phi) is 2.88. The Morgan fingerprint density at radius 2 is 1.80 bits per heavy atom. The lowest BCUT2D eigenvalue weighted by Gasteiger charge is -2.28. The summed E-state index contributed by atoms with van der Waals surface area (Å²) in [6.07, 6.45) is -1.25. The average molecular weight is 296 g/mol. The van der Waals surface area contributed by atoms with Gasteiger partial charge in [0.15, 0.2) is 6.10 Å². The van der Waals surface area contributed by atoms with Crippen LogP contribution < -0.4 is 15.5 Å². The molecule has 1 aromatic rings. The van der Waals surface area contributed by atoms with Crippen LogP contribution in [0.1, 0.15) is 11.7 Å². The molecular weight excluding hydrogens is 286 g/mol. The first-order valence-corrected chi connectivity index (χ1v) is 6.23. The fraction of sp³-hybridized carbons (Fsp3) is 0.250. The second-order valence-corrected chi connectivity index (χ2v) is 5.02. The number of nitrogens with zero attached hydrogens (tertiary/aromatic N) is 1. The summed E-state index contributed by atoms with van der Waals surface area (Å²) < 4.78 is 0. The molecule has 1 unspecified atom stereocenters. The molecule has 0 aromatic heterocycles. The molecule has 104 valence electrons. The van der Waals surface area contributed by atoms with E-state index in [9.17, 15) is 19.5 Å². The Labute approximate surface area is 118 Å². The fourth-order valence-corrected chi connectivity index (χ4v) is 2.60. The molecule has 1 aromatic carbocycles. The van der Waals surface area contributed by atoms with Crippen LogP contribution in [0.15, 0.2) is 12.1 Å². The van der Waals surface area contributed by atoms with Crippen molar-refractivity contribution < 1.29 is 19.5 Å². The van der Waals surface area contributed by atoms with Crippen molar-refractivity contribution in [3.8, 4) is 0 Å². The first kappa shape index (κ1) is 12.9. The van der Waals surface area contributed by atoms with Gasteiger partial charge in [-0.2, -0.15) is 0 Å². The quantitative estimate of drug-likeness (QED) is 0.623. The summed E-state index contributed by atoms with van der Waals surface area (Å²) in [5.41, 5.74) is 1.28. The second kappa shape index (κ2) is 4.46. The van der Waals surface area contributed by atoms with Crippen molar-refractivity contribution in [2.75, 3.05) is 23.3 Å². The van der Waals surface area contributed by atoms with Crippen molar-refractivity contribution in [1.29, 1.82) is 0 Å². The number of halogens is 1. The van der Waals surface area contributed by atoms with Crippen LogP contribution in [-0.2, 0) is 14.4 Å². The van der Waals surface area contributed by atoms with E-state index in [0.717, 1.165) is 0 Å². The highest BCUT2D eigenvalue weighted by molar-refractivity contribution is 6.34. The van der Waals surface area contributed by atoms with Gasteiger partial charge in [-0.3, -0.25) is 19.7 Å². The first-order valence-electron chi connectivity index (χ1n) is 5.85. The van der Waals surface area contributed by atoms with E-state index >= 15 is 0 Å². The number of aliphatic hydroxyl groups excluding tert-OH is 1. The molecule has 0 radical (unpaired) electrons. The van der Waals surface area contributed by atoms with Crippen LogP contribution in [0.4, 0.5) is 11.4 Å². The van der Waals surface area contributed by atoms with Gasteiger partial charge in [-0.05, 0) is 12.1 Å². The number of carbonyl (C=O) groups is 3. The number of anilines is 2. The van der Waals surface area contributed by atoms with Crippen molar-refractivity contribution in [1.82, 2.24) is 5.32 Å². The molecule has 0 spiro atoms. The lowest BCUT2D eigenvalue weighted by Crippen LogP contribution is -2.51. The monoisotopic (exact) mass is 295 g/mol. The number of piperazine rings is 1. The van der Waals surface area contributed by atoms with Crippen LogP contribution >= 0.6 is 11.6 Å². The number of benzene rings is 1. The third kappa shape index (κ3) is 2.00. The van der Waals surface area contributed by atoms with Crippen LogP contribution in [0.3, 0.4) is 0 Å². The molecule has 1 fully saturated rings. The number of aliphatic hydroxyl groups is 1. The van der Waals surface area contributed by atoms with E-state index in [2.05, 4.69) is 10.6 Å².